The van der Waals surface area contributed by atoms with Crippen LogP contribution in [0.4, 0.5) is 0 Å². The van der Waals surface area contributed by atoms with Gasteiger partial charge in [0.25, 0.3) is 23.6 Å². The lowest BCUT2D eigenvalue weighted by Gasteiger charge is -2.07. The maximum atomic E-state index is 12.0. The molecule has 4 amide bonds. The lowest BCUT2D eigenvalue weighted by molar-refractivity contribution is -0.140. The Kier molecular flexibility index (Phi) is 4.59. The molecule has 10 heteroatoms. The Morgan fingerprint density at radius 3 is 1.37 bits per heavy atom. The fourth-order valence-corrected chi connectivity index (χ4v) is 2.99. The summed E-state index contributed by atoms with van der Waals surface area (Å²) in [6.45, 7) is 0. The normalized spacial score (nSPS) is 14.0. The number of hydrogen-bond acceptors (Lipinski definition) is 8. The zero-order valence-corrected chi connectivity index (χ0v) is 15.1. The van der Waals surface area contributed by atoms with Crippen molar-refractivity contribution in [3.8, 4) is 11.5 Å². The predicted octanol–water partition coefficient (Wildman–Crippen LogP) is 0.745. The Balaban J connectivity index is 1.32. The summed E-state index contributed by atoms with van der Waals surface area (Å²) in [5.41, 5.74) is 0.578. The van der Waals surface area contributed by atoms with E-state index in [2.05, 4.69) is 10.6 Å². The lowest BCUT2D eigenvalue weighted by Crippen LogP contribution is -2.19. The van der Waals surface area contributed by atoms with E-state index < -0.39 is 35.6 Å². The number of benzene rings is 2. The van der Waals surface area contributed by atoms with Crippen LogP contribution in [-0.4, -0.2) is 35.6 Å². The zero-order chi connectivity index (χ0) is 21.4. The quantitative estimate of drug-likeness (QED) is 0.419. The Morgan fingerprint density at radius 1 is 0.600 bits per heavy atom. The SMILES string of the molecule is O=C(CCC(=O)Oc1ccc2c(c1)C(=O)NC2=O)Oc1ccc2c(c1)C(=O)NC2=O. The summed E-state index contributed by atoms with van der Waals surface area (Å²) in [4.78, 5) is 70.2. The van der Waals surface area contributed by atoms with Gasteiger partial charge in [-0.25, -0.2) is 0 Å². The van der Waals surface area contributed by atoms with Crippen LogP contribution >= 0.6 is 0 Å². The van der Waals surface area contributed by atoms with Crippen molar-refractivity contribution in [3.63, 3.8) is 0 Å². The van der Waals surface area contributed by atoms with E-state index in [1.807, 2.05) is 0 Å². The van der Waals surface area contributed by atoms with Gasteiger partial charge in [0.05, 0.1) is 35.1 Å². The Labute approximate surface area is 168 Å². The van der Waals surface area contributed by atoms with Crippen molar-refractivity contribution in [2.45, 2.75) is 12.8 Å². The van der Waals surface area contributed by atoms with Crippen LogP contribution in [0.2, 0.25) is 0 Å². The minimum atomic E-state index is -0.740. The minimum absolute atomic E-state index is 0.0614. The topological polar surface area (TPSA) is 145 Å². The largest absolute Gasteiger partial charge is 0.426 e. The monoisotopic (exact) mass is 408 g/mol. The Bertz CT molecular complexity index is 1080. The fourth-order valence-electron chi connectivity index (χ4n) is 2.99. The molecule has 0 aliphatic carbocycles. The molecule has 10 nitrogen and oxygen atoms in total. The highest BCUT2D eigenvalue weighted by Gasteiger charge is 2.28. The van der Waals surface area contributed by atoms with E-state index in [0.717, 1.165) is 0 Å². The summed E-state index contributed by atoms with van der Waals surface area (Å²) in [5.74, 6) is -3.57. The van der Waals surface area contributed by atoms with Gasteiger partial charge < -0.3 is 9.47 Å². The maximum absolute atomic E-state index is 12.0. The lowest BCUT2D eigenvalue weighted by atomic mass is 10.1. The average Bonchev–Trinajstić information content (AvgIpc) is 3.15. The molecule has 0 radical (unpaired) electrons. The second-order valence-corrected chi connectivity index (χ2v) is 6.43. The third-order valence-electron chi connectivity index (χ3n) is 4.41. The van der Waals surface area contributed by atoms with Crippen LogP contribution in [0, 0.1) is 0 Å². The van der Waals surface area contributed by atoms with Gasteiger partial charge in [-0.2, -0.15) is 0 Å². The number of hydrogen-bond donors (Lipinski definition) is 2. The van der Waals surface area contributed by atoms with Gasteiger partial charge in [-0.1, -0.05) is 0 Å². The first kappa shape index (κ1) is 19.0. The molecule has 2 N–H and O–H groups in total. The highest BCUT2D eigenvalue weighted by Crippen LogP contribution is 2.23. The third kappa shape index (κ3) is 3.53. The van der Waals surface area contributed by atoms with E-state index in [1.165, 1.54) is 36.4 Å². The molecule has 0 unspecified atom stereocenters. The maximum Gasteiger partial charge on any atom is 0.311 e. The van der Waals surface area contributed by atoms with Crippen LogP contribution in [0.25, 0.3) is 0 Å². The smallest absolute Gasteiger partial charge is 0.311 e. The first-order valence-corrected chi connectivity index (χ1v) is 8.72. The summed E-state index contributed by atoms with van der Waals surface area (Å²) >= 11 is 0. The van der Waals surface area contributed by atoms with Gasteiger partial charge in [-0.05, 0) is 36.4 Å². The number of imide groups is 2. The van der Waals surface area contributed by atoms with E-state index in [1.54, 1.807) is 0 Å². The van der Waals surface area contributed by atoms with Gasteiger partial charge in [0.1, 0.15) is 11.5 Å². The second-order valence-electron chi connectivity index (χ2n) is 6.43. The molecule has 150 valence electrons. The van der Waals surface area contributed by atoms with Crippen LogP contribution < -0.4 is 20.1 Å². The summed E-state index contributed by atoms with van der Waals surface area (Å²) in [5, 5.41) is 4.25. The summed E-state index contributed by atoms with van der Waals surface area (Å²) in [6.07, 6.45) is -0.601. The van der Waals surface area contributed by atoms with Gasteiger partial charge in [0, 0.05) is 0 Å². The molecule has 0 atom stereocenters. The molecule has 4 rings (SSSR count). The highest BCUT2D eigenvalue weighted by atomic mass is 16.5. The standard InChI is InChI=1S/C20H12N2O8/c23-15(29-9-1-3-11-13(7-9)19(27)21-17(11)25)5-6-16(24)30-10-2-4-12-14(8-10)20(28)22-18(12)26/h1-4,7-8H,5-6H2,(H,21,25,27)(H,22,26,28). The minimum Gasteiger partial charge on any atom is -0.426 e. The van der Waals surface area contributed by atoms with Gasteiger partial charge >= 0.3 is 11.9 Å². The molecule has 2 aromatic rings. The van der Waals surface area contributed by atoms with Crippen molar-refractivity contribution < 1.29 is 38.2 Å². The molecule has 2 aliphatic rings. The average molecular weight is 408 g/mol. The molecule has 2 aliphatic heterocycles. The van der Waals surface area contributed by atoms with Crippen LogP contribution in [0.5, 0.6) is 11.5 Å². The molecule has 30 heavy (non-hydrogen) atoms. The summed E-state index contributed by atoms with van der Waals surface area (Å²) in [7, 11) is 0. The van der Waals surface area contributed by atoms with Crippen molar-refractivity contribution in [1.82, 2.24) is 10.6 Å². The van der Waals surface area contributed by atoms with Gasteiger partial charge in [-0.3, -0.25) is 39.4 Å². The zero-order valence-electron chi connectivity index (χ0n) is 15.1. The fraction of sp³-hybridized carbons (Fsp3) is 0.100. The number of amides is 4. The number of fused-ring (bicyclic) bond motifs is 2. The van der Waals surface area contributed by atoms with Crippen molar-refractivity contribution in [2.24, 2.45) is 0 Å². The molecular formula is C20H12N2O8. The van der Waals surface area contributed by atoms with Crippen molar-refractivity contribution in [2.75, 3.05) is 0 Å². The number of carbonyl (C=O) groups is 6. The predicted molar refractivity (Wildman–Crippen MR) is 97.0 cm³/mol. The molecule has 0 spiro atoms. The number of rotatable bonds is 5. The summed E-state index contributed by atoms with van der Waals surface area (Å²) in [6, 6.07) is 7.99. The Morgan fingerprint density at radius 2 is 0.967 bits per heavy atom. The van der Waals surface area contributed by atoms with E-state index in [9.17, 15) is 28.8 Å². The van der Waals surface area contributed by atoms with E-state index in [-0.39, 0.29) is 46.6 Å². The molecule has 0 aromatic heterocycles. The van der Waals surface area contributed by atoms with Gasteiger partial charge in [0.15, 0.2) is 0 Å². The molecule has 0 saturated carbocycles. The first-order chi connectivity index (χ1) is 14.3. The van der Waals surface area contributed by atoms with E-state index in [4.69, 9.17) is 9.47 Å². The van der Waals surface area contributed by atoms with Gasteiger partial charge in [0.2, 0.25) is 0 Å². The third-order valence-corrected chi connectivity index (χ3v) is 4.41. The number of carbonyl (C=O) groups excluding carboxylic acids is 6. The van der Waals surface area contributed by atoms with Crippen LogP contribution in [0.15, 0.2) is 36.4 Å². The van der Waals surface area contributed by atoms with Crippen molar-refractivity contribution in [1.29, 1.82) is 0 Å². The van der Waals surface area contributed by atoms with Crippen LogP contribution in [0.3, 0.4) is 0 Å². The van der Waals surface area contributed by atoms with E-state index in [0.29, 0.717) is 0 Å². The molecule has 2 aromatic carbocycles. The second kappa shape index (κ2) is 7.24. The Hall–Kier alpha value is -4.34. The first-order valence-electron chi connectivity index (χ1n) is 8.72. The highest BCUT2D eigenvalue weighted by molar-refractivity contribution is 6.22. The number of esters is 2. The van der Waals surface area contributed by atoms with Gasteiger partial charge in [-0.15, -0.1) is 0 Å². The molecular weight excluding hydrogens is 396 g/mol. The molecule has 0 bridgehead atoms. The van der Waals surface area contributed by atoms with Crippen LogP contribution in [-0.2, 0) is 9.59 Å². The molecule has 2 heterocycles. The van der Waals surface area contributed by atoms with E-state index >= 15 is 0 Å². The van der Waals surface area contributed by atoms with Crippen molar-refractivity contribution in [3.05, 3.63) is 58.7 Å². The number of nitrogens with one attached hydrogen (secondary N) is 2. The molecule has 0 saturated heterocycles. The molecule has 0 fully saturated rings. The van der Waals surface area contributed by atoms with Crippen molar-refractivity contribution >= 4 is 35.6 Å². The van der Waals surface area contributed by atoms with Crippen LogP contribution in [0.1, 0.15) is 54.3 Å². The number of ether oxygens (including phenoxy) is 2. The summed E-state index contributed by atoms with van der Waals surface area (Å²) < 4.78 is 10.2.